The van der Waals surface area contributed by atoms with Gasteiger partial charge < -0.3 is 4.74 Å². The molecule has 0 unspecified atom stereocenters. The van der Waals surface area contributed by atoms with Crippen LogP contribution in [-0.2, 0) is 16.6 Å². The largest absolute Gasteiger partial charge is 0.488 e. The van der Waals surface area contributed by atoms with Crippen LogP contribution in [0.4, 0.5) is 0 Å². The number of ether oxygens (including phenoxy) is 1. The minimum Gasteiger partial charge on any atom is -0.488 e. The lowest BCUT2D eigenvalue weighted by molar-refractivity contribution is 0.242. The Labute approximate surface area is 187 Å². The molecule has 1 N–H and O–H groups in total. The Kier molecular flexibility index (Phi) is 7.27. The van der Waals surface area contributed by atoms with E-state index in [1.54, 1.807) is 12.1 Å². The molecule has 9 heteroatoms. The number of hydrogen-bond acceptors (Lipinski definition) is 5. The maximum atomic E-state index is 12.6. The number of halogens is 2. The number of likely N-dealkylation sites (tertiary alicyclic amines) is 1. The van der Waals surface area contributed by atoms with Crippen LogP contribution in [0.1, 0.15) is 31.4 Å². The van der Waals surface area contributed by atoms with E-state index in [1.807, 2.05) is 32.0 Å². The van der Waals surface area contributed by atoms with E-state index in [1.165, 1.54) is 12.1 Å². The van der Waals surface area contributed by atoms with Gasteiger partial charge in [0.15, 0.2) is 5.75 Å². The molecule has 0 amide bonds. The van der Waals surface area contributed by atoms with Gasteiger partial charge in [0.1, 0.15) is 0 Å². The third-order valence-corrected chi connectivity index (χ3v) is 6.77. The summed E-state index contributed by atoms with van der Waals surface area (Å²) in [6.45, 7) is 5.72. The number of nitriles is 1. The molecule has 1 atom stereocenters. The maximum Gasteiger partial charge on any atom is 0.240 e. The molecule has 2 aromatic carbocycles. The second kappa shape index (κ2) is 9.54. The van der Waals surface area contributed by atoms with Crippen molar-refractivity contribution in [3.05, 3.63) is 57.6 Å². The quantitative estimate of drug-likeness (QED) is 0.659. The van der Waals surface area contributed by atoms with Gasteiger partial charge in [-0.2, -0.15) is 5.26 Å². The number of sulfonamides is 1. The fourth-order valence-corrected chi connectivity index (χ4v) is 5.33. The average Bonchev–Trinajstić information content (AvgIpc) is 3.10. The van der Waals surface area contributed by atoms with Crippen molar-refractivity contribution in [2.75, 3.05) is 13.1 Å². The summed E-state index contributed by atoms with van der Waals surface area (Å²) < 4.78 is 33.7. The lowest BCUT2D eigenvalue weighted by Gasteiger charge is -2.19. The summed E-state index contributed by atoms with van der Waals surface area (Å²) in [4.78, 5) is 2.24. The Hall–Kier alpha value is -1.82. The summed E-state index contributed by atoms with van der Waals surface area (Å²) in [7, 11) is -3.69. The van der Waals surface area contributed by atoms with Crippen LogP contribution in [0.5, 0.6) is 5.75 Å². The predicted molar refractivity (Wildman–Crippen MR) is 117 cm³/mol. The molecule has 1 saturated heterocycles. The summed E-state index contributed by atoms with van der Waals surface area (Å²) >= 11 is 12.7. The molecular weight excluding hydrogens is 445 g/mol. The van der Waals surface area contributed by atoms with E-state index >= 15 is 0 Å². The molecule has 1 aliphatic rings. The van der Waals surface area contributed by atoms with Crippen LogP contribution in [0.25, 0.3) is 0 Å². The zero-order chi connectivity index (χ0) is 21.9. The fourth-order valence-electron chi connectivity index (χ4n) is 3.40. The summed E-state index contributed by atoms with van der Waals surface area (Å²) in [5.74, 6) is 0.476. The normalized spacial score (nSPS) is 17.3. The second-order valence-electron chi connectivity index (χ2n) is 7.54. The van der Waals surface area contributed by atoms with Crippen LogP contribution in [0.2, 0.25) is 10.0 Å². The van der Waals surface area contributed by atoms with Gasteiger partial charge in [-0.3, -0.25) is 4.90 Å². The van der Waals surface area contributed by atoms with Gasteiger partial charge in [0, 0.05) is 25.7 Å². The molecule has 1 aliphatic heterocycles. The van der Waals surface area contributed by atoms with E-state index in [2.05, 4.69) is 9.62 Å². The minimum atomic E-state index is -3.69. The second-order valence-corrected chi connectivity index (χ2v) is 10.1. The van der Waals surface area contributed by atoms with Crippen LogP contribution in [0.15, 0.2) is 41.3 Å². The van der Waals surface area contributed by atoms with Crippen LogP contribution in [-0.4, -0.2) is 38.6 Å². The fraction of sp³-hybridized carbons (Fsp3) is 0.381. The molecule has 0 aliphatic carbocycles. The van der Waals surface area contributed by atoms with E-state index in [0.29, 0.717) is 40.9 Å². The topological polar surface area (TPSA) is 82.4 Å². The van der Waals surface area contributed by atoms with E-state index in [9.17, 15) is 8.42 Å². The minimum absolute atomic E-state index is 0.0351. The van der Waals surface area contributed by atoms with Crippen molar-refractivity contribution in [2.45, 2.75) is 43.9 Å². The highest BCUT2D eigenvalue weighted by Gasteiger charge is 2.27. The summed E-state index contributed by atoms with van der Waals surface area (Å²) in [6.07, 6.45) is 0.653. The Morgan fingerprint density at radius 3 is 2.60 bits per heavy atom. The molecule has 160 valence electrons. The predicted octanol–water partition coefficient (Wildman–Crippen LogP) is 4.21. The SMILES string of the molecule is CC(C)Oc1c(Cl)cc(CN2CC[C@@H](NS(=O)(=O)c3cccc(C#N)c3)C2)cc1Cl. The molecule has 0 aromatic heterocycles. The Morgan fingerprint density at radius 2 is 1.97 bits per heavy atom. The number of nitrogens with one attached hydrogen (secondary N) is 1. The van der Waals surface area contributed by atoms with Gasteiger partial charge in [0.25, 0.3) is 0 Å². The van der Waals surface area contributed by atoms with E-state index in [0.717, 1.165) is 12.1 Å². The lowest BCUT2D eigenvalue weighted by Crippen LogP contribution is -2.37. The van der Waals surface area contributed by atoms with Crippen molar-refractivity contribution in [3.8, 4) is 11.8 Å². The van der Waals surface area contributed by atoms with Crippen LogP contribution < -0.4 is 9.46 Å². The molecular formula is C21H23Cl2N3O3S. The monoisotopic (exact) mass is 467 g/mol. The van der Waals surface area contributed by atoms with Crippen molar-refractivity contribution < 1.29 is 13.2 Å². The van der Waals surface area contributed by atoms with Crippen molar-refractivity contribution in [1.29, 1.82) is 5.26 Å². The van der Waals surface area contributed by atoms with E-state index < -0.39 is 10.0 Å². The van der Waals surface area contributed by atoms with Crippen molar-refractivity contribution in [3.63, 3.8) is 0 Å². The number of hydrogen-bond donors (Lipinski definition) is 1. The van der Waals surface area contributed by atoms with Gasteiger partial charge >= 0.3 is 0 Å². The summed E-state index contributed by atoms with van der Waals surface area (Å²) in [6, 6.07) is 11.4. The Balaban J connectivity index is 1.64. The molecule has 30 heavy (non-hydrogen) atoms. The summed E-state index contributed by atoms with van der Waals surface area (Å²) in [5.41, 5.74) is 1.25. The third kappa shape index (κ3) is 5.65. The number of nitrogens with zero attached hydrogens (tertiary/aromatic N) is 2. The molecule has 0 spiro atoms. The first-order valence-corrected chi connectivity index (χ1v) is 11.8. The first-order valence-electron chi connectivity index (χ1n) is 9.57. The molecule has 2 aromatic rings. The molecule has 0 bridgehead atoms. The third-order valence-electron chi connectivity index (χ3n) is 4.69. The van der Waals surface area contributed by atoms with Gasteiger partial charge in [0.05, 0.1) is 32.7 Å². The van der Waals surface area contributed by atoms with Gasteiger partial charge in [-0.15, -0.1) is 0 Å². The molecule has 0 saturated carbocycles. The van der Waals surface area contributed by atoms with Gasteiger partial charge in [-0.05, 0) is 56.2 Å². The van der Waals surface area contributed by atoms with Crippen LogP contribution in [0.3, 0.4) is 0 Å². The number of rotatable bonds is 7. The Bertz CT molecular complexity index is 1040. The van der Waals surface area contributed by atoms with Gasteiger partial charge in [-0.1, -0.05) is 29.3 Å². The molecule has 3 rings (SSSR count). The lowest BCUT2D eigenvalue weighted by atomic mass is 10.2. The molecule has 0 radical (unpaired) electrons. The molecule has 6 nitrogen and oxygen atoms in total. The molecule has 1 heterocycles. The average molecular weight is 468 g/mol. The van der Waals surface area contributed by atoms with Crippen molar-refractivity contribution in [1.82, 2.24) is 9.62 Å². The van der Waals surface area contributed by atoms with Crippen LogP contribution in [0, 0.1) is 11.3 Å². The van der Waals surface area contributed by atoms with E-state index in [-0.39, 0.29) is 17.0 Å². The summed E-state index contributed by atoms with van der Waals surface area (Å²) in [5, 5.41) is 9.90. The van der Waals surface area contributed by atoms with E-state index in [4.69, 9.17) is 33.2 Å². The standard InChI is InChI=1S/C21H23Cl2N3O3S/c1-14(2)29-21-19(22)9-16(10-20(21)23)12-26-7-6-17(13-26)25-30(27,28)18-5-3-4-15(8-18)11-24/h3-5,8-10,14,17,25H,6-7,12-13H2,1-2H3/t17-/m1/s1. The molecule has 1 fully saturated rings. The first kappa shape index (κ1) is 22.9. The zero-order valence-corrected chi connectivity index (χ0v) is 19.1. The van der Waals surface area contributed by atoms with Crippen molar-refractivity contribution >= 4 is 33.2 Å². The first-order chi connectivity index (χ1) is 14.2. The highest BCUT2D eigenvalue weighted by molar-refractivity contribution is 7.89. The van der Waals surface area contributed by atoms with Crippen molar-refractivity contribution in [2.24, 2.45) is 0 Å². The highest BCUT2D eigenvalue weighted by atomic mass is 35.5. The van der Waals surface area contributed by atoms with Gasteiger partial charge in [0.2, 0.25) is 10.0 Å². The van der Waals surface area contributed by atoms with Crippen LogP contribution >= 0.6 is 23.2 Å². The zero-order valence-electron chi connectivity index (χ0n) is 16.7. The van der Waals surface area contributed by atoms with Gasteiger partial charge in [-0.25, -0.2) is 13.1 Å². The Morgan fingerprint density at radius 1 is 1.27 bits per heavy atom. The smallest absolute Gasteiger partial charge is 0.240 e. The highest BCUT2D eigenvalue weighted by Crippen LogP contribution is 2.35. The number of benzene rings is 2. The maximum absolute atomic E-state index is 12.6.